The standard InChI is InChI=1S/C90H116N8O6/c1-5-9-13-17-21-25-29-33-37-41-45-63(46-42-38-34-30-26-22-18-14-10-6-2)49-51-65-57-77-75(61-73(65)91)93-87-71-59-79(97(101)102)83-68-54-56-70-82-72(60-80(98(103)104)84(86(68)82)67-53-55-69(81(71)85(67)83)89(99)95(77)87)88-94-76-62-74(92)66(58-78(76)96(88)90(70)100)52-50-64(47-43-39-35-31-27-23-19-15-11-7-3)48-44-40-36-32-28-24-20-16-12-8-4/h53-64H,5-48,91-92H2,1-4H3. The number of hydrogen-bond acceptors (Lipinski definition) is 10. The summed E-state index contributed by atoms with van der Waals surface area (Å²) in [6.45, 7) is 9.05. The number of nitrogen functional groups attached to an aromatic ring is 2. The number of pyridine rings is 2. The van der Waals surface area contributed by atoms with Gasteiger partial charge in [0.25, 0.3) is 22.5 Å². The van der Waals surface area contributed by atoms with E-state index in [4.69, 9.17) is 21.4 Å². The van der Waals surface area contributed by atoms with Crippen LogP contribution >= 0.6 is 0 Å². The number of nitro benzene ring substituents is 2. The molecule has 14 nitrogen and oxygen atoms in total. The monoisotopic (exact) mass is 1400 g/mol. The number of nitro groups is 2. The zero-order valence-corrected chi connectivity index (χ0v) is 63.3. The van der Waals surface area contributed by atoms with Crippen LogP contribution in [0.2, 0.25) is 0 Å². The molecule has 11 rings (SSSR count). The van der Waals surface area contributed by atoms with E-state index in [1.54, 1.807) is 36.4 Å². The van der Waals surface area contributed by atoms with E-state index in [1.807, 2.05) is 12.1 Å². The van der Waals surface area contributed by atoms with Crippen molar-refractivity contribution in [2.24, 2.45) is 11.8 Å². The van der Waals surface area contributed by atoms with Gasteiger partial charge < -0.3 is 11.5 Å². The molecule has 0 fully saturated rings. The maximum Gasteiger partial charge on any atom is 0.278 e. The first-order chi connectivity index (χ1) is 50.9. The van der Waals surface area contributed by atoms with Gasteiger partial charge in [0.05, 0.1) is 42.7 Å². The third-order valence-corrected chi connectivity index (χ3v) is 22.9. The molecule has 0 aliphatic heterocycles. The van der Waals surface area contributed by atoms with E-state index in [1.165, 1.54) is 252 Å². The van der Waals surface area contributed by atoms with E-state index in [-0.39, 0.29) is 56.0 Å². The van der Waals surface area contributed by atoms with E-state index < -0.39 is 21.0 Å². The van der Waals surface area contributed by atoms with Crippen LogP contribution in [0.25, 0.3) is 98.0 Å². The van der Waals surface area contributed by atoms with Crippen LogP contribution in [0, 0.1) is 55.7 Å². The molecular weight excluding hydrogens is 1290 g/mol. The van der Waals surface area contributed by atoms with Crippen molar-refractivity contribution < 1.29 is 9.85 Å². The van der Waals surface area contributed by atoms with Gasteiger partial charge >= 0.3 is 0 Å². The summed E-state index contributed by atoms with van der Waals surface area (Å²) in [5.41, 5.74) is 16.6. The molecule has 4 N–H and O–H groups in total. The van der Waals surface area contributed by atoms with Crippen LogP contribution in [0.5, 0.6) is 0 Å². The van der Waals surface area contributed by atoms with Crippen molar-refractivity contribution in [2.75, 3.05) is 11.5 Å². The molecule has 0 saturated carbocycles. The molecule has 0 radical (unpaired) electrons. The quantitative estimate of drug-likeness (QED) is 0.00702. The molecule has 552 valence electrons. The highest BCUT2D eigenvalue weighted by atomic mass is 16.6. The van der Waals surface area contributed by atoms with Crippen LogP contribution in [0.4, 0.5) is 22.7 Å². The summed E-state index contributed by atoms with van der Waals surface area (Å²) in [6, 6.07) is 16.8. The fourth-order valence-electron chi connectivity index (χ4n) is 17.0. The van der Waals surface area contributed by atoms with Gasteiger partial charge in [-0.1, -0.05) is 320 Å². The molecule has 0 aliphatic rings. The Hall–Kier alpha value is -8.36. The second kappa shape index (κ2) is 38.1. The summed E-state index contributed by atoms with van der Waals surface area (Å²) in [7, 11) is 0. The average molecular weight is 1410 g/mol. The lowest BCUT2D eigenvalue weighted by Crippen LogP contribution is -2.14. The van der Waals surface area contributed by atoms with E-state index in [0.717, 1.165) is 51.4 Å². The molecule has 4 heterocycles. The molecule has 0 atom stereocenters. The number of nitrogens with zero attached hydrogens (tertiary/aromatic N) is 6. The van der Waals surface area contributed by atoms with Crippen molar-refractivity contribution in [1.29, 1.82) is 0 Å². The first-order valence-corrected chi connectivity index (χ1v) is 41.2. The van der Waals surface area contributed by atoms with Gasteiger partial charge in [-0.2, -0.15) is 0 Å². The fraction of sp³-hybridized carbons (Fsp3) is 0.556. The van der Waals surface area contributed by atoms with Crippen LogP contribution in [-0.2, 0) is 0 Å². The highest BCUT2D eigenvalue weighted by Crippen LogP contribution is 2.51. The molecule has 14 heteroatoms. The second-order valence-electron chi connectivity index (χ2n) is 30.8. The molecule has 0 saturated heterocycles. The molecular formula is C90H116N8O6. The number of fused-ring (bicyclic) bond motifs is 10. The van der Waals surface area contributed by atoms with Gasteiger partial charge in [-0.05, 0) is 72.9 Å². The van der Waals surface area contributed by atoms with Gasteiger partial charge in [0.1, 0.15) is 11.3 Å². The van der Waals surface area contributed by atoms with E-state index >= 15 is 9.59 Å². The molecule has 4 aromatic heterocycles. The Labute approximate surface area is 616 Å². The number of benzene rings is 7. The number of rotatable bonds is 46. The lowest BCUT2D eigenvalue weighted by Gasteiger charge is -2.18. The summed E-state index contributed by atoms with van der Waals surface area (Å²) in [5.74, 6) is 14.7. The predicted molar refractivity (Wildman–Crippen MR) is 439 cm³/mol. The smallest absolute Gasteiger partial charge is 0.278 e. The molecule has 7 aromatic carbocycles. The zero-order valence-electron chi connectivity index (χ0n) is 63.3. The van der Waals surface area contributed by atoms with Crippen LogP contribution in [0.1, 0.15) is 321 Å². The molecule has 104 heavy (non-hydrogen) atoms. The van der Waals surface area contributed by atoms with Crippen molar-refractivity contribution >= 4 is 121 Å². The van der Waals surface area contributed by atoms with Crippen molar-refractivity contribution in [3.8, 4) is 23.7 Å². The number of unbranched alkanes of at least 4 members (excludes halogenated alkanes) is 36. The minimum Gasteiger partial charge on any atom is -0.398 e. The molecule has 11 aromatic rings. The first kappa shape index (κ1) is 76.8. The highest BCUT2D eigenvalue weighted by molar-refractivity contribution is 6.43. The number of nitrogens with two attached hydrogens (primary N) is 2. The largest absolute Gasteiger partial charge is 0.398 e. The Bertz CT molecular complexity index is 4610. The van der Waals surface area contributed by atoms with Crippen LogP contribution < -0.4 is 22.6 Å². The molecule has 0 aliphatic carbocycles. The normalized spacial score (nSPS) is 12.1. The predicted octanol–water partition coefficient (Wildman–Crippen LogP) is 25.4. The Morgan fingerprint density at radius 1 is 0.356 bits per heavy atom. The van der Waals surface area contributed by atoms with Crippen molar-refractivity contribution in [3.63, 3.8) is 0 Å². The summed E-state index contributed by atoms with van der Waals surface area (Å²) >= 11 is 0. The molecule has 0 unspecified atom stereocenters. The minimum absolute atomic E-state index is 0.197. The number of hydrogen-bond donors (Lipinski definition) is 2. The van der Waals surface area contributed by atoms with Gasteiger partial charge in [-0.3, -0.25) is 38.6 Å². The van der Waals surface area contributed by atoms with Crippen LogP contribution in [-0.4, -0.2) is 28.6 Å². The SMILES string of the molecule is CCCCCCCCCCCCC(C#Cc1cc2c(cc1N)nc1c3cc([N+](=O)[O-])c4c5ccc6c(=O)n7c8cc(C#CC(CCCCCCCCCCCC)CCCCCCCCCCCC)c(N)cc8nc7c7cc([N+](=O)[O-])c(c8ccc(c(=O)n21)c3c84)c5c67)CCCCCCCCCCCC. The van der Waals surface area contributed by atoms with Crippen molar-refractivity contribution in [1.82, 2.24) is 18.8 Å². The topological polar surface area (TPSA) is 207 Å². The van der Waals surface area contributed by atoms with Gasteiger partial charge in [0, 0.05) is 89.6 Å². The Balaban J connectivity index is 0.927. The van der Waals surface area contributed by atoms with Gasteiger partial charge in [0.2, 0.25) is 0 Å². The zero-order chi connectivity index (χ0) is 72.9. The van der Waals surface area contributed by atoms with E-state index in [2.05, 4.69) is 51.4 Å². The lowest BCUT2D eigenvalue weighted by atomic mass is 9.84. The summed E-state index contributed by atoms with van der Waals surface area (Å²) in [6.07, 6.45) is 55.0. The van der Waals surface area contributed by atoms with Gasteiger partial charge in [-0.15, -0.1) is 0 Å². The van der Waals surface area contributed by atoms with Gasteiger partial charge in [0.15, 0.2) is 0 Å². The summed E-state index contributed by atoms with van der Waals surface area (Å²) in [4.78, 5) is 67.5. The highest BCUT2D eigenvalue weighted by Gasteiger charge is 2.32. The van der Waals surface area contributed by atoms with Gasteiger partial charge in [-0.25, -0.2) is 9.97 Å². The third kappa shape index (κ3) is 17.9. The molecule has 0 spiro atoms. The number of aromatic nitrogens is 4. The first-order valence-electron chi connectivity index (χ1n) is 41.2. The lowest BCUT2D eigenvalue weighted by molar-refractivity contribution is -0.383. The molecule has 0 amide bonds. The Morgan fingerprint density at radius 2 is 0.625 bits per heavy atom. The van der Waals surface area contributed by atoms with Crippen molar-refractivity contribution in [2.45, 2.75) is 310 Å². The molecule has 0 bridgehead atoms. The van der Waals surface area contributed by atoms with E-state index in [9.17, 15) is 20.2 Å². The van der Waals surface area contributed by atoms with Crippen LogP contribution in [0.3, 0.4) is 0 Å². The maximum absolute atomic E-state index is 15.4. The third-order valence-electron chi connectivity index (χ3n) is 22.9. The second-order valence-corrected chi connectivity index (χ2v) is 30.8. The summed E-state index contributed by atoms with van der Waals surface area (Å²) < 4.78 is 3.02. The Morgan fingerprint density at radius 3 is 0.904 bits per heavy atom. The Kier molecular flexibility index (Phi) is 28.1. The van der Waals surface area contributed by atoms with E-state index in [0.29, 0.717) is 87.7 Å². The van der Waals surface area contributed by atoms with Crippen LogP contribution in [0.15, 0.2) is 70.3 Å². The average Bonchev–Trinajstić information content (AvgIpc) is 1.05. The number of anilines is 2. The number of imidazole rings is 2. The van der Waals surface area contributed by atoms with Crippen molar-refractivity contribution in [3.05, 3.63) is 113 Å². The minimum atomic E-state index is -0.443. The number of non-ortho nitro benzene ring substituents is 2. The maximum atomic E-state index is 15.4. The summed E-state index contributed by atoms with van der Waals surface area (Å²) in [5, 5.41) is 31.3. The fourth-order valence-corrected chi connectivity index (χ4v) is 17.0.